The molecule has 1 amide bonds. The minimum Gasteiger partial charge on any atom is -0.493 e. The van der Waals surface area contributed by atoms with Crippen LogP contribution in [-0.4, -0.2) is 57.7 Å². The lowest BCUT2D eigenvalue weighted by atomic mass is 10.1. The first-order valence-corrected chi connectivity index (χ1v) is 11.6. The number of hydrogen-bond acceptors (Lipinski definition) is 8. The van der Waals surface area contributed by atoms with Gasteiger partial charge in [-0.05, 0) is 49.4 Å². The van der Waals surface area contributed by atoms with Gasteiger partial charge in [-0.2, -0.15) is 4.68 Å². The van der Waals surface area contributed by atoms with Crippen molar-refractivity contribution in [2.24, 2.45) is 0 Å². The molecule has 0 atom stereocenters. The molecule has 0 aliphatic carbocycles. The van der Waals surface area contributed by atoms with Gasteiger partial charge < -0.3 is 20.1 Å². The Morgan fingerprint density at radius 1 is 1.12 bits per heavy atom. The van der Waals surface area contributed by atoms with Crippen LogP contribution in [0, 0.1) is 0 Å². The molecule has 0 bridgehead atoms. The molecule has 0 spiro atoms. The highest BCUT2D eigenvalue weighted by atomic mass is 35.5. The Hall–Kier alpha value is -2.82. The molecule has 0 aliphatic rings. The molecule has 34 heavy (non-hydrogen) atoms. The molecule has 0 aliphatic heterocycles. The van der Waals surface area contributed by atoms with Gasteiger partial charge in [0.2, 0.25) is 5.16 Å². The van der Waals surface area contributed by atoms with E-state index >= 15 is 0 Å². The number of methoxy groups -OCH3 is 1. The first-order valence-electron chi connectivity index (χ1n) is 10.6. The lowest BCUT2D eigenvalue weighted by molar-refractivity contribution is -0.124. The summed E-state index contributed by atoms with van der Waals surface area (Å²) < 4.78 is 13.0. The summed E-state index contributed by atoms with van der Waals surface area (Å²) in [5.74, 6) is 1.76. The summed E-state index contributed by atoms with van der Waals surface area (Å²) in [6.45, 7) is 7.01. The van der Waals surface area contributed by atoms with E-state index in [1.807, 2.05) is 69.3 Å². The van der Waals surface area contributed by atoms with Crippen LogP contribution in [0.1, 0.15) is 26.3 Å². The summed E-state index contributed by atoms with van der Waals surface area (Å²) in [6, 6.07) is 15.5. The van der Waals surface area contributed by atoms with E-state index in [2.05, 4.69) is 26.2 Å². The van der Waals surface area contributed by atoms with Crippen LogP contribution in [0.4, 0.5) is 0 Å². The predicted octanol–water partition coefficient (Wildman–Crippen LogP) is 3.27. The molecule has 184 valence electrons. The molecule has 1 heterocycles. The first-order chi connectivity index (χ1) is 15.9. The van der Waals surface area contributed by atoms with Gasteiger partial charge in [0, 0.05) is 29.9 Å². The molecular formula is C23H31ClN6O3S. The summed E-state index contributed by atoms with van der Waals surface area (Å²) in [6.07, 6.45) is 0. The number of carbonyl (C=O) groups excluding carboxylic acids is 1. The molecular weight excluding hydrogens is 476 g/mol. The maximum atomic E-state index is 12.2. The molecule has 3 rings (SSSR count). The second kappa shape index (κ2) is 13.2. The maximum absolute atomic E-state index is 12.2. The molecule has 1 aromatic heterocycles. The van der Waals surface area contributed by atoms with Crippen molar-refractivity contribution < 1.29 is 14.3 Å². The smallest absolute Gasteiger partial charge is 0.258 e. The Morgan fingerprint density at radius 3 is 2.59 bits per heavy atom. The number of nitrogens with one attached hydrogen (secondary N) is 2. The average Bonchev–Trinajstić information content (AvgIpc) is 3.25. The zero-order chi connectivity index (χ0) is 23.7. The van der Waals surface area contributed by atoms with Crippen molar-refractivity contribution in [3.8, 4) is 17.2 Å². The molecule has 0 fully saturated rings. The number of nitrogens with zero attached hydrogens (tertiary/aromatic N) is 4. The number of rotatable bonds is 11. The van der Waals surface area contributed by atoms with Crippen molar-refractivity contribution in [3.05, 3.63) is 54.1 Å². The van der Waals surface area contributed by atoms with Crippen LogP contribution in [0.15, 0.2) is 53.7 Å². The van der Waals surface area contributed by atoms with E-state index in [0.717, 1.165) is 28.7 Å². The van der Waals surface area contributed by atoms with Crippen LogP contribution >= 0.6 is 24.2 Å². The standard InChI is InChI=1S/C23H30N6O3S.ClH/c1-23(2,3)25-20(30)16-32-21-17(9-8-12-19(21)31-4)15-24-13-14-33-22-26-27-28-29(22)18-10-6-5-7-11-18;/h5-12,24H,13-16H2,1-4H3,(H,25,30);1H. The Bertz CT molecular complexity index is 1040. The number of ether oxygens (including phenoxy) is 2. The summed E-state index contributed by atoms with van der Waals surface area (Å²) in [7, 11) is 1.59. The van der Waals surface area contributed by atoms with Gasteiger partial charge in [-0.25, -0.2) is 0 Å². The van der Waals surface area contributed by atoms with Crippen molar-refractivity contribution in [1.29, 1.82) is 0 Å². The summed E-state index contributed by atoms with van der Waals surface area (Å²) in [5, 5.41) is 19.0. The fourth-order valence-electron chi connectivity index (χ4n) is 3.05. The van der Waals surface area contributed by atoms with Crippen LogP contribution in [0.3, 0.4) is 0 Å². The van der Waals surface area contributed by atoms with Gasteiger partial charge >= 0.3 is 0 Å². The minimum atomic E-state index is -0.316. The molecule has 9 nitrogen and oxygen atoms in total. The number of tetrazole rings is 1. The number of halogens is 1. The van der Waals surface area contributed by atoms with E-state index in [1.54, 1.807) is 23.6 Å². The van der Waals surface area contributed by atoms with E-state index in [9.17, 15) is 4.79 Å². The zero-order valence-electron chi connectivity index (χ0n) is 19.8. The minimum absolute atomic E-state index is 0. The van der Waals surface area contributed by atoms with Crippen molar-refractivity contribution in [2.45, 2.75) is 38.0 Å². The van der Waals surface area contributed by atoms with Gasteiger partial charge in [-0.15, -0.1) is 17.5 Å². The number of hydrogen-bond donors (Lipinski definition) is 2. The SMILES string of the molecule is COc1cccc(CNCCSc2nnnn2-c2ccccc2)c1OCC(=O)NC(C)(C)C.Cl. The van der Waals surface area contributed by atoms with E-state index in [0.29, 0.717) is 18.0 Å². The Kier molecular flexibility index (Phi) is 10.6. The van der Waals surface area contributed by atoms with Crippen molar-refractivity contribution >= 4 is 30.1 Å². The first kappa shape index (κ1) is 27.4. The lowest BCUT2D eigenvalue weighted by Crippen LogP contribution is -2.43. The van der Waals surface area contributed by atoms with Gasteiger partial charge in [0.15, 0.2) is 18.1 Å². The molecule has 3 aromatic rings. The normalized spacial score (nSPS) is 10.9. The van der Waals surface area contributed by atoms with Crippen molar-refractivity contribution in [2.75, 3.05) is 26.0 Å². The van der Waals surface area contributed by atoms with Crippen LogP contribution in [-0.2, 0) is 11.3 Å². The highest BCUT2D eigenvalue weighted by Crippen LogP contribution is 2.31. The van der Waals surface area contributed by atoms with E-state index in [4.69, 9.17) is 9.47 Å². The van der Waals surface area contributed by atoms with E-state index in [1.165, 1.54) is 0 Å². The lowest BCUT2D eigenvalue weighted by Gasteiger charge is -2.21. The second-order valence-corrected chi connectivity index (χ2v) is 9.33. The number of para-hydroxylation sites is 2. The number of carbonyl (C=O) groups is 1. The highest BCUT2D eigenvalue weighted by Gasteiger charge is 2.17. The van der Waals surface area contributed by atoms with Gasteiger partial charge in [0.1, 0.15) is 0 Å². The van der Waals surface area contributed by atoms with Crippen LogP contribution in [0.25, 0.3) is 5.69 Å². The third-order valence-electron chi connectivity index (χ3n) is 4.41. The molecule has 0 unspecified atom stereocenters. The highest BCUT2D eigenvalue weighted by molar-refractivity contribution is 7.99. The average molecular weight is 507 g/mol. The third-order valence-corrected chi connectivity index (χ3v) is 5.33. The molecule has 0 radical (unpaired) electrons. The van der Waals surface area contributed by atoms with E-state index in [-0.39, 0.29) is 30.5 Å². The second-order valence-electron chi connectivity index (χ2n) is 8.27. The predicted molar refractivity (Wildman–Crippen MR) is 135 cm³/mol. The van der Waals surface area contributed by atoms with Gasteiger partial charge in [-0.3, -0.25) is 4.79 Å². The van der Waals surface area contributed by atoms with E-state index < -0.39 is 0 Å². The number of aromatic nitrogens is 4. The van der Waals surface area contributed by atoms with Crippen molar-refractivity contribution in [1.82, 2.24) is 30.8 Å². The molecule has 2 aromatic carbocycles. The zero-order valence-corrected chi connectivity index (χ0v) is 21.4. The fourth-order valence-corrected chi connectivity index (χ4v) is 3.84. The van der Waals surface area contributed by atoms with Gasteiger partial charge in [0.05, 0.1) is 12.8 Å². The Morgan fingerprint density at radius 2 is 1.88 bits per heavy atom. The van der Waals surface area contributed by atoms with Crippen LogP contribution in [0.5, 0.6) is 11.5 Å². The molecule has 0 saturated heterocycles. The van der Waals surface area contributed by atoms with Crippen LogP contribution < -0.4 is 20.1 Å². The number of thioether (sulfide) groups is 1. The maximum Gasteiger partial charge on any atom is 0.258 e. The number of amides is 1. The van der Waals surface area contributed by atoms with Crippen molar-refractivity contribution in [3.63, 3.8) is 0 Å². The molecule has 2 N–H and O–H groups in total. The number of benzene rings is 2. The third kappa shape index (κ3) is 8.19. The summed E-state index contributed by atoms with van der Waals surface area (Å²) >= 11 is 1.57. The monoisotopic (exact) mass is 506 g/mol. The van der Waals surface area contributed by atoms with Gasteiger partial charge in [-0.1, -0.05) is 42.1 Å². The fraction of sp³-hybridized carbons (Fsp3) is 0.391. The summed E-state index contributed by atoms with van der Waals surface area (Å²) in [4.78, 5) is 12.2. The summed E-state index contributed by atoms with van der Waals surface area (Å²) in [5.41, 5.74) is 1.52. The molecule has 11 heteroatoms. The Labute approximate surface area is 210 Å². The largest absolute Gasteiger partial charge is 0.493 e. The quantitative estimate of drug-likeness (QED) is 0.302. The van der Waals surface area contributed by atoms with Gasteiger partial charge in [0.25, 0.3) is 5.91 Å². The topological polar surface area (TPSA) is 103 Å². The molecule has 0 saturated carbocycles. The Balaban J connectivity index is 0.00000408. The van der Waals surface area contributed by atoms with Crippen LogP contribution in [0.2, 0.25) is 0 Å².